The van der Waals surface area contributed by atoms with E-state index >= 15 is 0 Å². The summed E-state index contributed by atoms with van der Waals surface area (Å²) in [5.74, 6) is 0.0926. The van der Waals surface area contributed by atoms with Crippen LogP contribution in [-0.2, 0) is 4.79 Å². The fourth-order valence-electron chi connectivity index (χ4n) is 0. The van der Waals surface area contributed by atoms with Gasteiger partial charge in [0.15, 0.2) is 0 Å². The molecule has 0 aromatic rings. The summed E-state index contributed by atoms with van der Waals surface area (Å²) in [7, 11) is 19.3. The molecule has 2 nitrogen and oxygen atoms in total. The van der Waals surface area contributed by atoms with E-state index in [1.807, 2.05) is 0 Å². The summed E-state index contributed by atoms with van der Waals surface area (Å²) in [5.41, 5.74) is 0. The van der Waals surface area contributed by atoms with Crippen molar-refractivity contribution in [1.82, 2.24) is 4.90 Å². The molecule has 0 radical (unpaired) electrons. The van der Waals surface area contributed by atoms with E-state index in [0.29, 0.717) is 0 Å². The van der Waals surface area contributed by atoms with E-state index in [4.69, 9.17) is 26.8 Å². The average molecular weight is 327 g/mol. The molecule has 0 aromatic carbocycles. The normalized spacial score (nSPS) is 9.73. The number of carbonyl (C=O) groups excluding carboxylic acids is 1. The minimum absolute atomic E-state index is 0.0926. The Morgan fingerprint density at radius 1 is 1.27 bits per heavy atom. The molecule has 0 atom stereocenters. The van der Waals surface area contributed by atoms with Gasteiger partial charge in [-0.1, -0.05) is 0 Å². The quantitative estimate of drug-likeness (QED) is 0.626. The molecule has 0 N–H and O–H groups in total. The maximum atomic E-state index is 10.1. The third-order valence-electron chi connectivity index (χ3n) is 0.630. The maximum absolute atomic E-state index is 10.1. The monoisotopic (exact) mass is 327 g/mol. The van der Waals surface area contributed by atoms with Crippen molar-refractivity contribution in [3.05, 3.63) is 0 Å². The number of carbonyl (C=O) groups is 1. The summed E-state index contributed by atoms with van der Waals surface area (Å²) in [6.07, 6.45) is 0. The van der Waals surface area contributed by atoms with Crippen LogP contribution in [0.5, 0.6) is 0 Å². The second kappa shape index (κ2) is 6.63. The van der Waals surface area contributed by atoms with Crippen molar-refractivity contribution in [3.63, 3.8) is 0 Å². The van der Waals surface area contributed by atoms with Crippen LogP contribution in [0.2, 0.25) is 4.94 Å². The van der Waals surface area contributed by atoms with Crippen LogP contribution < -0.4 is 0 Å². The van der Waals surface area contributed by atoms with Gasteiger partial charge in [0.25, 0.3) is 0 Å². The van der Waals surface area contributed by atoms with Crippen LogP contribution in [0.1, 0.15) is 6.92 Å². The van der Waals surface area contributed by atoms with Gasteiger partial charge in [0.2, 0.25) is 5.91 Å². The van der Waals surface area contributed by atoms with Gasteiger partial charge in [-0.25, -0.2) is 0 Å². The standard InChI is InChI=1S/C4H9NO.CH3.3ClH.Sn/c1-4(6)5(2)3;;;;;/h1-3H3;1H3;3*1H;/q;;;;;+3/p-3. The van der Waals surface area contributed by atoms with Gasteiger partial charge >= 0.3 is 46.7 Å². The predicted octanol–water partition coefficient (Wildman–Crippen LogP) is 2.37. The van der Waals surface area contributed by atoms with Gasteiger partial charge in [-0.2, -0.15) is 0 Å². The van der Waals surface area contributed by atoms with Crippen molar-refractivity contribution >= 4 is 47.7 Å². The Morgan fingerprint density at radius 2 is 1.36 bits per heavy atom. The van der Waals surface area contributed by atoms with Gasteiger partial charge in [-0.3, -0.25) is 4.79 Å². The third kappa shape index (κ3) is 35.2. The van der Waals surface area contributed by atoms with Crippen molar-refractivity contribution in [2.24, 2.45) is 0 Å². The van der Waals surface area contributed by atoms with E-state index < -0.39 is 15.0 Å². The Hall–Kier alpha value is 1.14. The first-order valence-corrected chi connectivity index (χ1v) is 16.6. The van der Waals surface area contributed by atoms with Crippen molar-refractivity contribution < 1.29 is 4.79 Å². The zero-order chi connectivity index (χ0) is 9.65. The molecular weight excluding hydrogens is 315 g/mol. The molecule has 11 heavy (non-hydrogen) atoms. The molecule has 1 amide bonds. The van der Waals surface area contributed by atoms with Crippen LogP contribution in [0, 0.1) is 0 Å². The van der Waals surface area contributed by atoms with Crippen molar-refractivity contribution in [2.75, 3.05) is 14.1 Å². The molecule has 0 aliphatic rings. The second-order valence-electron chi connectivity index (χ2n) is 2.19. The molecule has 68 valence electrons. The van der Waals surface area contributed by atoms with Gasteiger partial charge in [-0.05, 0) is 0 Å². The Morgan fingerprint density at radius 3 is 1.36 bits per heavy atom. The number of amides is 1. The molecule has 0 saturated carbocycles. The van der Waals surface area contributed by atoms with Gasteiger partial charge in [0.05, 0.1) is 0 Å². The molecule has 0 spiro atoms. The summed E-state index contributed by atoms with van der Waals surface area (Å²) in [6, 6.07) is 0. The predicted molar refractivity (Wildman–Crippen MR) is 53.5 cm³/mol. The Labute approximate surface area is 82.8 Å². The van der Waals surface area contributed by atoms with Gasteiger partial charge in [0.1, 0.15) is 0 Å². The zero-order valence-corrected chi connectivity index (χ0v) is 12.1. The van der Waals surface area contributed by atoms with Crippen molar-refractivity contribution in [2.45, 2.75) is 11.9 Å². The summed E-state index contributed by atoms with van der Waals surface area (Å²) in [6.45, 7) is 1.53. The average Bonchev–Trinajstić information content (AvgIpc) is 1.59. The summed E-state index contributed by atoms with van der Waals surface area (Å²) in [4.78, 5) is 13.3. The topological polar surface area (TPSA) is 20.3 Å². The fraction of sp³-hybridized carbons (Fsp3) is 0.800. The number of nitrogens with zero attached hydrogens (tertiary/aromatic N) is 1. The summed E-state index contributed by atoms with van der Waals surface area (Å²) < 4.78 is 0. The zero-order valence-electron chi connectivity index (χ0n) is 6.99. The number of rotatable bonds is 0. The van der Waals surface area contributed by atoms with Crippen LogP contribution in [0.25, 0.3) is 0 Å². The van der Waals surface area contributed by atoms with E-state index in [9.17, 15) is 4.79 Å². The fourth-order valence-corrected chi connectivity index (χ4v) is 0. The van der Waals surface area contributed by atoms with E-state index in [1.165, 1.54) is 11.8 Å². The van der Waals surface area contributed by atoms with Crippen LogP contribution in [0.4, 0.5) is 0 Å². The molecule has 0 unspecified atom stereocenters. The Kier molecular flexibility index (Phi) is 8.83. The molecule has 0 aliphatic heterocycles. The Balaban J connectivity index is 0. The summed E-state index contributed by atoms with van der Waals surface area (Å²) in [5, 5.41) is 0. The van der Waals surface area contributed by atoms with Crippen molar-refractivity contribution in [3.8, 4) is 0 Å². The minimum atomic E-state index is -2.76. The molecular formula is C5H12Cl3NOSn. The first-order chi connectivity index (χ1) is 4.64. The van der Waals surface area contributed by atoms with E-state index in [-0.39, 0.29) is 5.91 Å². The molecule has 6 heteroatoms. The molecule has 0 fully saturated rings. The molecule has 0 aromatic heterocycles. The van der Waals surface area contributed by atoms with Crippen LogP contribution in [0.15, 0.2) is 0 Å². The van der Waals surface area contributed by atoms with E-state index in [0.717, 1.165) is 0 Å². The number of halogens is 3. The number of hydrogen-bond donors (Lipinski definition) is 0. The van der Waals surface area contributed by atoms with Crippen molar-refractivity contribution in [1.29, 1.82) is 0 Å². The molecule has 0 bridgehead atoms. The SMILES string of the molecule is CC(=O)N(C)C.[CH3][Sn]([Cl])([Cl])[Cl]. The molecule has 0 aliphatic carbocycles. The second-order valence-corrected chi connectivity index (χ2v) is 25.8. The van der Waals surface area contributed by atoms with E-state index in [1.54, 1.807) is 19.0 Å². The first kappa shape index (κ1) is 14.7. The van der Waals surface area contributed by atoms with Crippen LogP contribution in [0.3, 0.4) is 0 Å². The summed E-state index contributed by atoms with van der Waals surface area (Å²) >= 11 is -2.76. The molecule has 0 saturated heterocycles. The molecule has 0 rings (SSSR count). The van der Waals surface area contributed by atoms with Gasteiger partial charge in [0, 0.05) is 21.0 Å². The van der Waals surface area contributed by atoms with E-state index in [2.05, 4.69) is 0 Å². The first-order valence-electron chi connectivity index (χ1n) is 2.89. The van der Waals surface area contributed by atoms with Gasteiger partial charge < -0.3 is 4.90 Å². The molecule has 0 heterocycles. The Bertz CT molecular complexity index is 117. The van der Waals surface area contributed by atoms with Crippen LogP contribution >= 0.6 is 26.8 Å². The van der Waals surface area contributed by atoms with Crippen LogP contribution in [-0.4, -0.2) is 39.9 Å². The van der Waals surface area contributed by atoms with Gasteiger partial charge in [-0.15, -0.1) is 0 Å². The third-order valence-corrected chi connectivity index (χ3v) is 0.630. The number of hydrogen-bond acceptors (Lipinski definition) is 1.